The average Bonchev–Trinajstić information content (AvgIpc) is 2.75. The third kappa shape index (κ3) is 3.40. The van der Waals surface area contributed by atoms with Crippen molar-refractivity contribution in [2.75, 3.05) is 12.3 Å². The minimum atomic E-state index is -4.06. The van der Waals surface area contributed by atoms with Gasteiger partial charge in [0, 0.05) is 6.20 Å². The summed E-state index contributed by atoms with van der Waals surface area (Å²) in [6.07, 6.45) is -8.00. The summed E-state index contributed by atoms with van der Waals surface area (Å²) in [5.41, 5.74) is 1.29. The van der Waals surface area contributed by atoms with Gasteiger partial charge < -0.3 is 19.5 Å². The monoisotopic (exact) mass is 433 g/mol. The maximum absolute atomic E-state index is 15.1. The Kier molecular flexibility index (Phi) is 5.15. The number of hydrogen-bond acceptors (Lipinski definition) is 8. The second-order valence-corrected chi connectivity index (χ2v) is 9.22. The molecule has 0 saturated carbocycles. The highest BCUT2D eigenvalue weighted by atomic mass is 32.5. The van der Waals surface area contributed by atoms with Crippen LogP contribution in [0.3, 0.4) is 0 Å². The minimum Gasteiger partial charge on any atom is -0.383 e. The first-order valence-corrected chi connectivity index (χ1v) is 10.3. The molecule has 4 atom stereocenters. The molecule has 3 rings (SSSR count). The molecule has 1 unspecified atom stereocenters. The Morgan fingerprint density at radius 2 is 2.15 bits per heavy atom. The average molecular weight is 433 g/mol. The standard InChI is InChI=1S/C13H16F4N3O5PS/c1-6(2)24-26(27)22-5-12(9(14)15)8(25-26)13(16,17)10(23-12)20-4-3-7(18)19-11(20)21/h3-4,6,8-10H,5H2,1-2H3,(H2,18,19,21)/t8-,10-,12-,26?/m1/s1. The number of fused-ring (bicyclic) bond motifs is 1. The molecule has 1 aromatic heterocycles. The fraction of sp³-hybridized carbons (Fsp3) is 0.692. The van der Waals surface area contributed by atoms with Crippen molar-refractivity contribution in [1.29, 1.82) is 0 Å². The normalized spacial score (nSPS) is 35.6. The second kappa shape index (κ2) is 6.75. The van der Waals surface area contributed by atoms with Gasteiger partial charge in [-0.2, -0.15) is 13.8 Å². The number of ether oxygens (including phenoxy) is 1. The van der Waals surface area contributed by atoms with Crippen LogP contribution >= 0.6 is 6.72 Å². The van der Waals surface area contributed by atoms with Crippen molar-refractivity contribution in [2.24, 2.45) is 0 Å². The Morgan fingerprint density at radius 1 is 1.48 bits per heavy atom. The zero-order valence-electron chi connectivity index (χ0n) is 14.1. The Morgan fingerprint density at radius 3 is 2.70 bits per heavy atom. The number of anilines is 1. The fourth-order valence-corrected chi connectivity index (χ4v) is 5.36. The van der Waals surface area contributed by atoms with E-state index >= 15 is 8.78 Å². The Labute approximate surface area is 155 Å². The van der Waals surface area contributed by atoms with Crippen molar-refractivity contribution in [3.05, 3.63) is 22.7 Å². The summed E-state index contributed by atoms with van der Waals surface area (Å²) in [5, 5.41) is 0. The van der Waals surface area contributed by atoms with Gasteiger partial charge in [0.2, 0.25) is 6.23 Å². The third-order valence-corrected chi connectivity index (χ3v) is 6.38. The van der Waals surface area contributed by atoms with Gasteiger partial charge >= 0.3 is 18.3 Å². The number of aromatic nitrogens is 2. The summed E-state index contributed by atoms with van der Waals surface area (Å²) < 4.78 is 78.4. The van der Waals surface area contributed by atoms with Crippen molar-refractivity contribution in [2.45, 2.75) is 50.2 Å². The molecule has 2 saturated heterocycles. The van der Waals surface area contributed by atoms with E-state index in [1.54, 1.807) is 13.8 Å². The summed E-state index contributed by atoms with van der Waals surface area (Å²) in [6, 6.07) is 1.06. The van der Waals surface area contributed by atoms with Crippen LogP contribution in [-0.4, -0.2) is 46.3 Å². The van der Waals surface area contributed by atoms with Gasteiger partial charge in [-0.05, 0) is 31.7 Å². The van der Waals surface area contributed by atoms with Gasteiger partial charge in [-0.3, -0.25) is 9.09 Å². The van der Waals surface area contributed by atoms with E-state index in [4.69, 9.17) is 35.8 Å². The first-order chi connectivity index (χ1) is 12.4. The van der Waals surface area contributed by atoms with Crippen LogP contribution in [0.1, 0.15) is 20.1 Å². The number of alkyl halides is 4. The van der Waals surface area contributed by atoms with Gasteiger partial charge in [0.1, 0.15) is 5.82 Å². The molecule has 2 fully saturated rings. The van der Waals surface area contributed by atoms with Crippen LogP contribution in [0.4, 0.5) is 23.4 Å². The van der Waals surface area contributed by atoms with Crippen LogP contribution in [0.5, 0.6) is 0 Å². The Bertz CT molecular complexity index is 840. The topological polar surface area (TPSA) is 97.8 Å². The molecular formula is C13H16F4N3O5PS. The van der Waals surface area contributed by atoms with Gasteiger partial charge in [0.25, 0.3) is 6.43 Å². The van der Waals surface area contributed by atoms with E-state index in [0.29, 0.717) is 4.57 Å². The van der Waals surface area contributed by atoms with E-state index in [0.717, 1.165) is 12.3 Å². The van der Waals surface area contributed by atoms with Crippen molar-refractivity contribution >= 4 is 24.3 Å². The molecule has 0 bridgehead atoms. The van der Waals surface area contributed by atoms with Gasteiger partial charge in [-0.25, -0.2) is 13.6 Å². The quantitative estimate of drug-likeness (QED) is 0.569. The number of hydrogen-bond donors (Lipinski definition) is 1. The predicted molar refractivity (Wildman–Crippen MR) is 88.0 cm³/mol. The summed E-state index contributed by atoms with van der Waals surface area (Å²) in [5.74, 6) is -4.29. The number of nitrogens with zero attached hydrogens (tertiary/aromatic N) is 2. The first kappa shape index (κ1) is 20.6. The molecule has 27 heavy (non-hydrogen) atoms. The molecule has 3 heterocycles. The number of rotatable bonds is 4. The van der Waals surface area contributed by atoms with E-state index in [2.05, 4.69) is 4.98 Å². The van der Waals surface area contributed by atoms with Crippen LogP contribution in [0.25, 0.3) is 0 Å². The van der Waals surface area contributed by atoms with Crippen LogP contribution in [-0.2, 0) is 30.1 Å². The lowest BCUT2D eigenvalue weighted by Gasteiger charge is -2.41. The molecular weight excluding hydrogens is 417 g/mol. The predicted octanol–water partition coefficient (Wildman–Crippen LogP) is 2.06. The summed E-state index contributed by atoms with van der Waals surface area (Å²) in [4.78, 5) is 15.2. The van der Waals surface area contributed by atoms with Gasteiger partial charge in [-0.1, -0.05) is 0 Å². The molecule has 2 aliphatic heterocycles. The maximum Gasteiger partial charge on any atom is 0.351 e. The van der Waals surface area contributed by atoms with Gasteiger partial charge in [0.05, 0.1) is 12.7 Å². The van der Waals surface area contributed by atoms with Crippen LogP contribution < -0.4 is 11.4 Å². The minimum absolute atomic E-state index is 0.223. The lowest BCUT2D eigenvalue weighted by Crippen LogP contribution is -2.57. The van der Waals surface area contributed by atoms with Crippen molar-refractivity contribution in [1.82, 2.24) is 9.55 Å². The van der Waals surface area contributed by atoms with E-state index in [-0.39, 0.29) is 5.82 Å². The molecule has 0 spiro atoms. The van der Waals surface area contributed by atoms with E-state index in [9.17, 15) is 13.6 Å². The molecule has 2 N–H and O–H groups in total. The lowest BCUT2D eigenvalue weighted by molar-refractivity contribution is -0.205. The molecule has 0 aliphatic carbocycles. The highest BCUT2D eigenvalue weighted by Crippen LogP contribution is 2.64. The third-order valence-electron chi connectivity index (χ3n) is 3.95. The van der Waals surface area contributed by atoms with Crippen molar-refractivity contribution in [3.63, 3.8) is 0 Å². The molecule has 2 aliphatic rings. The second-order valence-electron chi connectivity index (χ2n) is 6.30. The Balaban J connectivity index is 2.05. The fourth-order valence-electron chi connectivity index (χ4n) is 2.80. The molecule has 0 amide bonds. The largest absolute Gasteiger partial charge is 0.383 e. The number of nitrogens with two attached hydrogens (primary N) is 1. The number of nitrogen functional groups attached to an aromatic ring is 1. The first-order valence-electron chi connectivity index (χ1n) is 7.71. The molecule has 152 valence electrons. The molecule has 1 aromatic rings. The summed E-state index contributed by atoms with van der Waals surface area (Å²) >= 11 is 5.00. The van der Waals surface area contributed by atoms with Crippen LogP contribution in [0.15, 0.2) is 17.1 Å². The number of halogens is 4. The molecule has 14 heteroatoms. The Hall–Kier alpha value is -1.11. The summed E-state index contributed by atoms with van der Waals surface area (Å²) in [6.45, 7) is -1.59. The smallest absolute Gasteiger partial charge is 0.351 e. The highest BCUT2D eigenvalue weighted by molar-refractivity contribution is 8.07. The van der Waals surface area contributed by atoms with Gasteiger partial charge in [0.15, 0.2) is 11.7 Å². The van der Waals surface area contributed by atoms with Crippen LogP contribution in [0, 0.1) is 0 Å². The van der Waals surface area contributed by atoms with Crippen LogP contribution in [0.2, 0.25) is 0 Å². The zero-order valence-corrected chi connectivity index (χ0v) is 15.8. The summed E-state index contributed by atoms with van der Waals surface area (Å²) in [7, 11) is 0. The van der Waals surface area contributed by atoms with E-state index in [1.165, 1.54) is 0 Å². The van der Waals surface area contributed by atoms with Crippen molar-refractivity contribution < 1.29 is 35.9 Å². The zero-order chi connectivity index (χ0) is 20.2. The highest BCUT2D eigenvalue weighted by Gasteiger charge is 2.75. The van der Waals surface area contributed by atoms with E-state index in [1.807, 2.05) is 0 Å². The molecule has 8 nitrogen and oxygen atoms in total. The van der Waals surface area contributed by atoms with Gasteiger partial charge in [-0.15, -0.1) is 0 Å². The lowest BCUT2D eigenvalue weighted by atomic mass is 9.96. The maximum atomic E-state index is 15.1. The molecule has 0 aromatic carbocycles. The van der Waals surface area contributed by atoms with E-state index < -0.39 is 55.4 Å². The van der Waals surface area contributed by atoms with Crippen molar-refractivity contribution in [3.8, 4) is 0 Å². The molecule has 0 radical (unpaired) electrons. The SMILES string of the molecule is CC(C)OP1(=S)OC[C@@]2(C(F)F)O[C@@H](n3ccc(N)nc3=O)C(F)(F)[C@@H]2O1.